The van der Waals surface area contributed by atoms with E-state index in [-0.39, 0.29) is 12.0 Å². The van der Waals surface area contributed by atoms with E-state index < -0.39 is 0 Å². The number of β-amino-alcohol motifs (C(OH)–C–C–N with tert-alkyl or cyclic N) is 1. The summed E-state index contributed by atoms with van der Waals surface area (Å²) in [5.74, 6) is 0.0640. The Labute approximate surface area is 118 Å². The van der Waals surface area contributed by atoms with Crippen LogP contribution < -0.4 is 0 Å². The summed E-state index contributed by atoms with van der Waals surface area (Å²) in [5, 5.41) is 10.1. The van der Waals surface area contributed by atoms with Crippen molar-refractivity contribution in [3.8, 4) is 0 Å². The molecule has 1 aliphatic rings. The van der Waals surface area contributed by atoms with Gasteiger partial charge in [0.15, 0.2) is 0 Å². The van der Waals surface area contributed by atoms with Gasteiger partial charge in [0.05, 0.1) is 12.6 Å². The third kappa shape index (κ3) is 4.20. The predicted molar refractivity (Wildman–Crippen MR) is 75.0 cm³/mol. The van der Waals surface area contributed by atoms with Gasteiger partial charge in [-0.1, -0.05) is 23.7 Å². The van der Waals surface area contributed by atoms with Gasteiger partial charge in [-0.05, 0) is 24.1 Å². The topological polar surface area (TPSA) is 43.8 Å². The van der Waals surface area contributed by atoms with Crippen LogP contribution in [0.3, 0.4) is 0 Å². The van der Waals surface area contributed by atoms with Crippen molar-refractivity contribution in [2.45, 2.75) is 19.1 Å². The summed E-state index contributed by atoms with van der Waals surface area (Å²) in [6.45, 7) is 2.30. The molecule has 1 aromatic rings. The number of hydrogen-bond donors (Lipinski definition) is 1. The highest BCUT2D eigenvalue weighted by molar-refractivity contribution is 6.30. The fraction of sp³-hybridized carbons (Fsp3) is 0.500. The Morgan fingerprint density at radius 1 is 1.58 bits per heavy atom. The molecular weight excluding hydrogens is 264 g/mol. The monoisotopic (exact) mass is 282 g/mol. The molecule has 1 atom stereocenters. The second-order valence-electron chi connectivity index (χ2n) is 5.06. The molecular formula is C14H19ClN2O2. The van der Waals surface area contributed by atoms with Gasteiger partial charge in [0.2, 0.25) is 5.91 Å². The van der Waals surface area contributed by atoms with Crippen molar-refractivity contribution >= 4 is 17.5 Å². The molecule has 1 amide bonds. The number of likely N-dealkylation sites (N-methyl/N-ethyl adjacent to an activating group) is 1. The van der Waals surface area contributed by atoms with Crippen LogP contribution in [0.15, 0.2) is 24.3 Å². The zero-order valence-corrected chi connectivity index (χ0v) is 11.8. The fourth-order valence-electron chi connectivity index (χ4n) is 2.27. The van der Waals surface area contributed by atoms with Crippen molar-refractivity contribution < 1.29 is 9.90 Å². The molecule has 1 saturated heterocycles. The first kappa shape index (κ1) is 14.3. The van der Waals surface area contributed by atoms with Crippen LogP contribution >= 0.6 is 11.6 Å². The Morgan fingerprint density at radius 3 is 3.00 bits per heavy atom. The largest absolute Gasteiger partial charge is 0.392 e. The van der Waals surface area contributed by atoms with Crippen LogP contribution in [0.5, 0.6) is 0 Å². The highest BCUT2D eigenvalue weighted by Gasteiger charge is 2.23. The van der Waals surface area contributed by atoms with Gasteiger partial charge in [-0.15, -0.1) is 0 Å². The number of likely N-dealkylation sites (tertiary alicyclic amines) is 1. The van der Waals surface area contributed by atoms with Crippen molar-refractivity contribution in [1.82, 2.24) is 9.80 Å². The van der Waals surface area contributed by atoms with Crippen molar-refractivity contribution in [3.63, 3.8) is 0 Å². The minimum Gasteiger partial charge on any atom is -0.392 e. The van der Waals surface area contributed by atoms with Crippen molar-refractivity contribution in [2.24, 2.45) is 0 Å². The maximum Gasteiger partial charge on any atom is 0.236 e. The van der Waals surface area contributed by atoms with E-state index in [9.17, 15) is 9.90 Å². The number of nitrogens with zero attached hydrogens (tertiary/aromatic N) is 2. The van der Waals surface area contributed by atoms with Crippen molar-refractivity contribution in [3.05, 3.63) is 34.9 Å². The molecule has 5 heteroatoms. The quantitative estimate of drug-likeness (QED) is 0.907. The molecule has 104 valence electrons. The molecule has 0 aliphatic carbocycles. The predicted octanol–water partition coefficient (Wildman–Crippen LogP) is 1.36. The van der Waals surface area contributed by atoms with Gasteiger partial charge in [-0.25, -0.2) is 0 Å². The summed E-state index contributed by atoms with van der Waals surface area (Å²) in [4.78, 5) is 15.7. The molecule has 1 heterocycles. The fourth-order valence-corrected chi connectivity index (χ4v) is 2.48. The molecule has 4 nitrogen and oxygen atoms in total. The van der Waals surface area contributed by atoms with Crippen molar-refractivity contribution in [1.29, 1.82) is 0 Å². The molecule has 0 aromatic heterocycles. The van der Waals surface area contributed by atoms with E-state index >= 15 is 0 Å². The van der Waals surface area contributed by atoms with E-state index in [2.05, 4.69) is 0 Å². The summed E-state index contributed by atoms with van der Waals surface area (Å²) in [7, 11) is 1.79. The first-order valence-electron chi connectivity index (χ1n) is 6.43. The molecule has 0 unspecified atom stereocenters. The third-order valence-corrected chi connectivity index (χ3v) is 3.58. The summed E-state index contributed by atoms with van der Waals surface area (Å²) >= 11 is 5.92. The van der Waals surface area contributed by atoms with Crippen LogP contribution in [0.25, 0.3) is 0 Å². The Balaban J connectivity index is 1.85. The van der Waals surface area contributed by atoms with Gasteiger partial charge < -0.3 is 10.0 Å². The highest BCUT2D eigenvalue weighted by atomic mass is 35.5. The molecule has 1 fully saturated rings. The van der Waals surface area contributed by atoms with Crippen LogP contribution in [0.2, 0.25) is 5.02 Å². The van der Waals surface area contributed by atoms with Gasteiger partial charge in [0.1, 0.15) is 0 Å². The molecule has 1 N–H and O–H groups in total. The summed E-state index contributed by atoms with van der Waals surface area (Å²) in [6, 6.07) is 7.52. The second-order valence-corrected chi connectivity index (χ2v) is 5.49. The van der Waals surface area contributed by atoms with E-state index in [1.165, 1.54) is 0 Å². The first-order valence-corrected chi connectivity index (χ1v) is 6.81. The third-order valence-electron chi connectivity index (χ3n) is 3.34. The second kappa shape index (κ2) is 6.37. The Kier molecular flexibility index (Phi) is 4.80. The van der Waals surface area contributed by atoms with E-state index in [4.69, 9.17) is 11.6 Å². The van der Waals surface area contributed by atoms with Crippen LogP contribution in [0, 0.1) is 0 Å². The summed E-state index contributed by atoms with van der Waals surface area (Å²) in [5.41, 5.74) is 1.02. The number of halogens is 1. The van der Waals surface area contributed by atoms with Crippen LogP contribution in [0.1, 0.15) is 12.0 Å². The van der Waals surface area contributed by atoms with Gasteiger partial charge >= 0.3 is 0 Å². The lowest BCUT2D eigenvalue weighted by Gasteiger charge is -2.21. The molecule has 0 radical (unpaired) electrons. The van der Waals surface area contributed by atoms with Gasteiger partial charge in [0.25, 0.3) is 0 Å². The van der Waals surface area contributed by atoms with Gasteiger partial charge in [-0.3, -0.25) is 9.69 Å². The van der Waals surface area contributed by atoms with Crippen LogP contribution in [-0.4, -0.2) is 53.6 Å². The number of benzene rings is 1. The van der Waals surface area contributed by atoms with Crippen LogP contribution in [0.4, 0.5) is 0 Å². The normalized spacial score (nSPS) is 19.6. The molecule has 0 saturated carbocycles. The van der Waals surface area contributed by atoms with Gasteiger partial charge in [-0.2, -0.15) is 0 Å². The Bertz CT molecular complexity index is 453. The first-order chi connectivity index (χ1) is 9.04. The minimum absolute atomic E-state index is 0.0640. The van der Waals surface area contributed by atoms with Crippen LogP contribution in [-0.2, 0) is 11.3 Å². The number of rotatable bonds is 4. The maximum atomic E-state index is 12.1. The molecule has 0 bridgehead atoms. The number of hydrogen-bond acceptors (Lipinski definition) is 3. The molecule has 1 aliphatic heterocycles. The van der Waals surface area contributed by atoms with E-state index in [1.807, 2.05) is 29.2 Å². The molecule has 0 spiro atoms. The Morgan fingerprint density at radius 2 is 2.37 bits per heavy atom. The van der Waals surface area contributed by atoms with Gasteiger partial charge in [0, 0.05) is 31.7 Å². The lowest BCUT2D eigenvalue weighted by molar-refractivity contribution is -0.131. The number of carbonyl (C=O) groups is 1. The lowest BCUT2D eigenvalue weighted by Crippen LogP contribution is -2.37. The van der Waals surface area contributed by atoms with E-state index in [1.54, 1.807) is 11.9 Å². The number of aliphatic hydroxyl groups excluding tert-OH is 1. The zero-order valence-electron chi connectivity index (χ0n) is 11.1. The van der Waals surface area contributed by atoms with Crippen molar-refractivity contribution in [2.75, 3.05) is 26.7 Å². The number of amides is 1. The molecule has 1 aromatic carbocycles. The average Bonchev–Trinajstić information content (AvgIpc) is 2.74. The average molecular weight is 283 g/mol. The number of carbonyl (C=O) groups excluding carboxylic acids is 1. The molecule has 19 heavy (non-hydrogen) atoms. The minimum atomic E-state index is -0.286. The standard InChI is InChI=1S/C14H19ClN2O2/c1-16(8-11-3-2-4-12(15)7-11)14(19)10-17-6-5-13(18)9-17/h2-4,7,13,18H,5-6,8-10H2,1H3/t13-/m0/s1. The lowest BCUT2D eigenvalue weighted by atomic mass is 10.2. The highest BCUT2D eigenvalue weighted by Crippen LogP contribution is 2.13. The zero-order chi connectivity index (χ0) is 13.8. The van der Waals surface area contributed by atoms with E-state index in [0.29, 0.717) is 24.7 Å². The SMILES string of the molecule is CN(Cc1cccc(Cl)c1)C(=O)CN1CC[C@H](O)C1. The maximum absolute atomic E-state index is 12.1. The molecule has 2 rings (SSSR count). The summed E-state index contributed by atoms with van der Waals surface area (Å²) < 4.78 is 0. The Hall–Kier alpha value is -1.10. The number of aliphatic hydroxyl groups is 1. The summed E-state index contributed by atoms with van der Waals surface area (Å²) in [6.07, 6.45) is 0.469. The smallest absolute Gasteiger partial charge is 0.236 e. The van der Waals surface area contributed by atoms with E-state index in [0.717, 1.165) is 18.5 Å².